The first-order chi connectivity index (χ1) is 34.6. The van der Waals surface area contributed by atoms with Crippen LogP contribution in [-0.4, -0.2) is 142 Å². The maximum Gasteiger partial charge on any atom is 0.306 e. The van der Waals surface area contributed by atoms with Gasteiger partial charge in [-0.3, -0.25) is 4.79 Å². The van der Waals surface area contributed by atoms with Crippen LogP contribution < -0.4 is 0 Å². The Morgan fingerprint density at radius 3 is 1.45 bits per heavy atom. The summed E-state index contributed by atoms with van der Waals surface area (Å²) in [5.41, 5.74) is 0. The Kier molecular flexibility index (Phi) is 40.2. The fraction of sp³-hybridized carbons (Fsp3) is 0.807. The number of rotatable bonds is 44. The molecule has 0 aromatic carbocycles. The van der Waals surface area contributed by atoms with Gasteiger partial charge in [0.25, 0.3) is 0 Å². The molecule has 11 atom stereocenters. The smallest absolute Gasteiger partial charge is 0.306 e. The van der Waals surface area contributed by atoms with E-state index < -0.39 is 80.7 Å². The molecule has 2 rings (SSSR count). The summed E-state index contributed by atoms with van der Waals surface area (Å²) < 4.78 is 34.3. The summed E-state index contributed by atoms with van der Waals surface area (Å²) in [6.07, 6.45) is 37.3. The normalized spacial score (nSPS) is 25.8. The highest BCUT2D eigenvalue weighted by molar-refractivity contribution is 5.69. The maximum atomic E-state index is 13.0. The first-order valence-electron chi connectivity index (χ1n) is 27.9. The molecule has 0 bridgehead atoms. The molecule has 71 heavy (non-hydrogen) atoms. The molecule has 0 aromatic rings. The van der Waals surface area contributed by atoms with Gasteiger partial charge >= 0.3 is 5.97 Å². The van der Waals surface area contributed by atoms with E-state index in [0.29, 0.717) is 13.0 Å². The zero-order chi connectivity index (χ0) is 51.6. The minimum absolute atomic E-state index is 0.0560. The van der Waals surface area contributed by atoms with Crippen LogP contribution in [-0.2, 0) is 33.2 Å². The summed E-state index contributed by atoms with van der Waals surface area (Å²) in [6, 6.07) is 0. The van der Waals surface area contributed by atoms with Crippen LogP contribution in [0.5, 0.6) is 0 Å². The number of unbranched alkanes of at least 4 members (excludes halogenated alkanes) is 20. The molecule has 14 nitrogen and oxygen atoms in total. The summed E-state index contributed by atoms with van der Waals surface area (Å²) >= 11 is 0. The van der Waals surface area contributed by atoms with Crippen molar-refractivity contribution in [2.45, 2.75) is 261 Å². The highest BCUT2D eigenvalue weighted by Crippen LogP contribution is 2.26. The van der Waals surface area contributed by atoms with E-state index in [0.717, 1.165) is 83.5 Å². The van der Waals surface area contributed by atoms with Crippen LogP contribution in [0, 0.1) is 0 Å². The second-order valence-electron chi connectivity index (χ2n) is 19.4. The summed E-state index contributed by atoms with van der Waals surface area (Å²) in [7, 11) is 0. The van der Waals surface area contributed by atoms with Crippen molar-refractivity contribution >= 4 is 5.97 Å². The molecule has 2 fully saturated rings. The predicted octanol–water partition coefficient (Wildman–Crippen LogP) is 9.30. The van der Waals surface area contributed by atoms with Crippen molar-refractivity contribution in [3.05, 3.63) is 60.8 Å². The van der Waals surface area contributed by atoms with Crippen LogP contribution in [0.4, 0.5) is 0 Å². The molecule has 0 aliphatic carbocycles. The second kappa shape index (κ2) is 44.0. The van der Waals surface area contributed by atoms with E-state index in [2.05, 4.69) is 74.6 Å². The van der Waals surface area contributed by atoms with Gasteiger partial charge in [0.2, 0.25) is 0 Å². The quantitative estimate of drug-likeness (QED) is 0.0172. The molecule has 14 heteroatoms. The van der Waals surface area contributed by atoms with Crippen molar-refractivity contribution in [1.29, 1.82) is 0 Å². The Hall–Kier alpha value is -2.31. The molecule has 0 amide bonds. The molecule has 0 spiro atoms. The molecule has 2 aliphatic rings. The average molecular weight is 1010 g/mol. The first kappa shape index (κ1) is 64.8. The second-order valence-corrected chi connectivity index (χ2v) is 19.4. The minimum atomic E-state index is -1.71. The fourth-order valence-electron chi connectivity index (χ4n) is 8.49. The molecular formula is C57H100O14. The lowest BCUT2D eigenvalue weighted by atomic mass is 9.98. The number of esters is 1. The zero-order valence-corrected chi connectivity index (χ0v) is 43.9. The van der Waals surface area contributed by atoms with E-state index in [-0.39, 0.29) is 25.6 Å². The summed E-state index contributed by atoms with van der Waals surface area (Å²) in [4.78, 5) is 13.0. The third-order valence-electron chi connectivity index (χ3n) is 13.0. The molecule has 2 heterocycles. The number of carbonyl (C=O) groups excluding carboxylic acids is 1. The monoisotopic (exact) mass is 1010 g/mol. The van der Waals surface area contributed by atoms with E-state index in [1.165, 1.54) is 83.5 Å². The molecule has 2 saturated heterocycles. The number of ether oxygens (including phenoxy) is 6. The number of aliphatic hydroxyl groups is 7. The number of carbonyl (C=O) groups is 1. The predicted molar refractivity (Wildman–Crippen MR) is 279 cm³/mol. The Balaban J connectivity index is 1.67. The Morgan fingerprint density at radius 2 is 0.915 bits per heavy atom. The molecule has 2 aliphatic heterocycles. The summed E-state index contributed by atoms with van der Waals surface area (Å²) in [5, 5.41) is 72.2. The molecule has 7 N–H and O–H groups in total. The van der Waals surface area contributed by atoms with E-state index in [9.17, 15) is 40.5 Å². The maximum absolute atomic E-state index is 13.0. The van der Waals surface area contributed by atoms with Gasteiger partial charge in [-0.05, 0) is 70.6 Å². The number of hydrogen-bond donors (Lipinski definition) is 7. The summed E-state index contributed by atoms with van der Waals surface area (Å²) in [5.74, 6) is -0.388. The zero-order valence-electron chi connectivity index (χ0n) is 43.9. The van der Waals surface area contributed by atoms with E-state index in [1.807, 2.05) is 0 Å². The van der Waals surface area contributed by atoms with Crippen molar-refractivity contribution in [2.24, 2.45) is 0 Å². The summed E-state index contributed by atoms with van der Waals surface area (Å²) in [6.45, 7) is 3.52. The Morgan fingerprint density at radius 1 is 0.479 bits per heavy atom. The molecule has 0 aromatic heterocycles. The van der Waals surface area contributed by atoms with Gasteiger partial charge in [0.05, 0.1) is 26.4 Å². The number of allylic oxidation sites excluding steroid dienone is 10. The molecule has 11 unspecified atom stereocenters. The number of aliphatic hydroxyl groups excluding tert-OH is 7. The van der Waals surface area contributed by atoms with Crippen molar-refractivity contribution in [3.8, 4) is 0 Å². The SMILES string of the molecule is CC/C=C\C/C=C\C/C=C\C/C=C\CCCCCCCCCCCCCCCOCC(COC1OC(COC2OC(CO)C(O)C(O)C2O)C(O)C(O)C1O)OC(=O)CCCCCCC/C=C\CCCC. The van der Waals surface area contributed by atoms with Gasteiger partial charge in [0.1, 0.15) is 54.9 Å². The average Bonchev–Trinajstić information content (AvgIpc) is 3.37. The van der Waals surface area contributed by atoms with Crippen molar-refractivity contribution in [3.63, 3.8) is 0 Å². The third-order valence-corrected chi connectivity index (χ3v) is 13.0. The lowest BCUT2D eigenvalue weighted by Gasteiger charge is -2.42. The van der Waals surface area contributed by atoms with E-state index in [1.54, 1.807) is 0 Å². The fourth-order valence-corrected chi connectivity index (χ4v) is 8.49. The lowest BCUT2D eigenvalue weighted by molar-refractivity contribution is -0.332. The Labute approximate surface area is 428 Å². The van der Waals surface area contributed by atoms with Crippen molar-refractivity contribution in [2.75, 3.05) is 33.0 Å². The van der Waals surface area contributed by atoms with Crippen LogP contribution in [0.2, 0.25) is 0 Å². The van der Waals surface area contributed by atoms with Crippen LogP contribution >= 0.6 is 0 Å². The first-order valence-corrected chi connectivity index (χ1v) is 27.9. The van der Waals surface area contributed by atoms with Crippen LogP contribution in [0.3, 0.4) is 0 Å². The van der Waals surface area contributed by atoms with Gasteiger partial charge in [-0.2, -0.15) is 0 Å². The van der Waals surface area contributed by atoms with Crippen molar-refractivity contribution in [1.82, 2.24) is 0 Å². The van der Waals surface area contributed by atoms with Crippen LogP contribution in [0.1, 0.15) is 194 Å². The van der Waals surface area contributed by atoms with E-state index >= 15 is 0 Å². The van der Waals surface area contributed by atoms with Crippen molar-refractivity contribution < 1.29 is 69.0 Å². The highest BCUT2D eigenvalue weighted by Gasteiger charge is 2.47. The lowest BCUT2D eigenvalue weighted by Crippen LogP contribution is -2.61. The van der Waals surface area contributed by atoms with Gasteiger partial charge in [0.15, 0.2) is 12.6 Å². The molecule has 412 valence electrons. The standard InChI is InChI=1S/C57H100O14/c1-3-5-7-9-11-13-15-16-17-18-19-20-21-22-23-24-25-26-27-28-29-31-33-35-37-39-41-66-43-46(69-49(59)40-38-36-34-32-30-14-12-10-8-6-4-2)44-67-56-55(65)53(63)51(61)48(71-56)45-68-57-54(64)52(62)50(60)47(42-58)70-57/h5,7,10-13,16-17,19-20,46-48,50-58,60-65H,3-4,6,8-9,14-15,18,21-45H2,1-2H3/b7-5-,12-10-,13-11-,17-16-,20-19-. The largest absolute Gasteiger partial charge is 0.457 e. The van der Waals surface area contributed by atoms with Gasteiger partial charge < -0.3 is 64.2 Å². The molecule has 0 radical (unpaired) electrons. The van der Waals surface area contributed by atoms with Crippen LogP contribution in [0.15, 0.2) is 60.8 Å². The molecule has 0 saturated carbocycles. The highest BCUT2D eigenvalue weighted by atomic mass is 16.7. The van der Waals surface area contributed by atoms with Gasteiger partial charge in [-0.1, -0.05) is 177 Å². The van der Waals surface area contributed by atoms with Gasteiger partial charge in [-0.15, -0.1) is 0 Å². The Bertz CT molecular complexity index is 1400. The topological polar surface area (TPSA) is 214 Å². The minimum Gasteiger partial charge on any atom is -0.457 e. The van der Waals surface area contributed by atoms with Gasteiger partial charge in [0, 0.05) is 13.0 Å². The molecular weight excluding hydrogens is 909 g/mol. The third kappa shape index (κ3) is 31.2. The van der Waals surface area contributed by atoms with E-state index in [4.69, 9.17) is 28.4 Å². The number of hydrogen-bond acceptors (Lipinski definition) is 14. The van der Waals surface area contributed by atoms with Crippen LogP contribution in [0.25, 0.3) is 0 Å². The van der Waals surface area contributed by atoms with Gasteiger partial charge in [-0.25, -0.2) is 0 Å².